The van der Waals surface area contributed by atoms with Crippen molar-refractivity contribution in [2.45, 2.75) is 58.4 Å². The normalized spacial score (nSPS) is 33.2. The molecule has 0 aromatic rings. The van der Waals surface area contributed by atoms with Crippen LogP contribution < -0.4 is 5.73 Å². The van der Waals surface area contributed by atoms with Gasteiger partial charge in [-0.15, -0.1) is 0 Å². The molecule has 1 nitrogen and oxygen atoms in total. The summed E-state index contributed by atoms with van der Waals surface area (Å²) in [7, 11) is 0. The van der Waals surface area contributed by atoms with Gasteiger partial charge in [0.1, 0.15) is 0 Å². The summed E-state index contributed by atoms with van der Waals surface area (Å²) in [5.74, 6) is 1.93. The number of hydrogen-bond donors (Lipinski definition) is 1. The van der Waals surface area contributed by atoms with Crippen molar-refractivity contribution < 1.29 is 0 Å². The van der Waals surface area contributed by atoms with Crippen LogP contribution in [-0.2, 0) is 0 Å². The van der Waals surface area contributed by atoms with Crippen LogP contribution in [0.1, 0.15) is 52.4 Å². The van der Waals surface area contributed by atoms with Gasteiger partial charge in [0.05, 0.1) is 0 Å². The summed E-state index contributed by atoms with van der Waals surface area (Å²) in [4.78, 5) is 0. The molecule has 1 unspecified atom stereocenters. The predicted octanol–water partition coefficient (Wildman–Crippen LogP) is 2.94. The lowest BCUT2D eigenvalue weighted by molar-refractivity contribution is 0.234. The van der Waals surface area contributed by atoms with Gasteiger partial charge in [-0.05, 0) is 31.6 Å². The molecule has 1 aliphatic rings. The molecule has 0 radical (unpaired) electrons. The van der Waals surface area contributed by atoms with Gasteiger partial charge in [0.15, 0.2) is 0 Å². The van der Waals surface area contributed by atoms with Crippen LogP contribution >= 0.6 is 0 Å². The lowest BCUT2D eigenvalue weighted by Crippen LogP contribution is -2.21. The van der Waals surface area contributed by atoms with E-state index in [2.05, 4.69) is 13.8 Å². The highest BCUT2D eigenvalue weighted by molar-refractivity contribution is 4.73. The highest BCUT2D eigenvalue weighted by Gasteiger charge is 2.20. The van der Waals surface area contributed by atoms with Crippen LogP contribution in [0.2, 0.25) is 0 Å². The molecule has 12 heavy (non-hydrogen) atoms. The van der Waals surface area contributed by atoms with Crippen LogP contribution in [-0.4, -0.2) is 6.04 Å². The van der Waals surface area contributed by atoms with E-state index < -0.39 is 0 Å². The maximum absolute atomic E-state index is 5.76. The van der Waals surface area contributed by atoms with E-state index in [1.165, 1.54) is 38.5 Å². The Bertz CT molecular complexity index is 120. The molecule has 0 amide bonds. The molecule has 3 atom stereocenters. The van der Waals surface area contributed by atoms with Crippen molar-refractivity contribution in [1.29, 1.82) is 0 Å². The fourth-order valence-electron chi connectivity index (χ4n) is 2.30. The average Bonchev–Trinajstić information content (AvgIpc) is 2.03. The van der Waals surface area contributed by atoms with Crippen LogP contribution in [0.5, 0.6) is 0 Å². The minimum absolute atomic E-state index is 0.402. The number of rotatable bonds is 3. The molecule has 0 aromatic heterocycles. The lowest BCUT2D eigenvalue weighted by atomic mass is 9.77. The summed E-state index contributed by atoms with van der Waals surface area (Å²) in [6.45, 7) is 4.53. The van der Waals surface area contributed by atoms with Gasteiger partial charge in [-0.2, -0.15) is 0 Å². The summed E-state index contributed by atoms with van der Waals surface area (Å²) in [5.41, 5.74) is 5.76. The predicted molar refractivity (Wildman–Crippen MR) is 54.0 cm³/mol. The fraction of sp³-hybridized carbons (Fsp3) is 1.00. The second kappa shape index (κ2) is 4.86. The Kier molecular flexibility index (Phi) is 4.07. The van der Waals surface area contributed by atoms with Crippen LogP contribution in [0.25, 0.3) is 0 Å². The Labute approximate surface area is 76.7 Å². The van der Waals surface area contributed by atoms with E-state index >= 15 is 0 Å². The van der Waals surface area contributed by atoms with Gasteiger partial charge in [0, 0.05) is 6.04 Å². The third kappa shape index (κ3) is 3.14. The van der Waals surface area contributed by atoms with Crippen molar-refractivity contribution in [1.82, 2.24) is 0 Å². The molecular weight excluding hydrogens is 146 g/mol. The minimum Gasteiger partial charge on any atom is -0.328 e. The van der Waals surface area contributed by atoms with Crippen LogP contribution in [0.15, 0.2) is 0 Å². The third-order valence-electron chi connectivity index (χ3n) is 3.28. The molecule has 1 aliphatic carbocycles. The van der Waals surface area contributed by atoms with E-state index in [-0.39, 0.29) is 0 Å². The molecule has 0 saturated heterocycles. The van der Waals surface area contributed by atoms with Crippen molar-refractivity contribution in [2.75, 3.05) is 0 Å². The Hall–Kier alpha value is -0.0400. The molecule has 0 aromatic carbocycles. The number of hydrogen-bond acceptors (Lipinski definition) is 1. The average molecular weight is 169 g/mol. The maximum Gasteiger partial charge on any atom is 0.00105 e. The summed E-state index contributed by atoms with van der Waals surface area (Å²) >= 11 is 0. The zero-order valence-corrected chi connectivity index (χ0v) is 8.55. The van der Waals surface area contributed by atoms with Crippen molar-refractivity contribution >= 4 is 0 Å². The monoisotopic (exact) mass is 169 g/mol. The Morgan fingerprint density at radius 3 is 2.58 bits per heavy atom. The SMILES string of the molecule is CC(N)CC[C@H]1CCCC[C@H]1C. The zero-order valence-electron chi connectivity index (χ0n) is 8.55. The molecule has 1 fully saturated rings. The number of nitrogens with two attached hydrogens (primary N) is 1. The highest BCUT2D eigenvalue weighted by atomic mass is 14.6. The molecule has 1 heteroatoms. The summed E-state index contributed by atoms with van der Waals surface area (Å²) in [5, 5.41) is 0. The highest BCUT2D eigenvalue weighted by Crippen LogP contribution is 2.32. The van der Waals surface area contributed by atoms with E-state index in [0.717, 1.165) is 11.8 Å². The van der Waals surface area contributed by atoms with Gasteiger partial charge >= 0.3 is 0 Å². The maximum atomic E-state index is 5.76. The molecule has 2 N–H and O–H groups in total. The van der Waals surface area contributed by atoms with Crippen molar-refractivity contribution in [3.05, 3.63) is 0 Å². The molecule has 1 rings (SSSR count). The van der Waals surface area contributed by atoms with Gasteiger partial charge in [0.2, 0.25) is 0 Å². The quantitative estimate of drug-likeness (QED) is 0.690. The molecule has 1 saturated carbocycles. The Balaban J connectivity index is 2.20. The Morgan fingerprint density at radius 2 is 2.00 bits per heavy atom. The first-order valence-corrected chi connectivity index (χ1v) is 5.45. The first-order chi connectivity index (χ1) is 5.70. The van der Waals surface area contributed by atoms with E-state index in [9.17, 15) is 0 Å². The molecule has 0 aliphatic heterocycles. The van der Waals surface area contributed by atoms with Gasteiger partial charge in [0.25, 0.3) is 0 Å². The van der Waals surface area contributed by atoms with Gasteiger partial charge in [-0.3, -0.25) is 0 Å². The second-order valence-electron chi connectivity index (χ2n) is 4.58. The minimum atomic E-state index is 0.402. The van der Waals surface area contributed by atoms with Crippen LogP contribution in [0, 0.1) is 11.8 Å². The molecule has 72 valence electrons. The van der Waals surface area contributed by atoms with Crippen molar-refractivity contribution in [3.8, 4) is 0 Å². The summed E-state index contributed by atoms with van der Waals surface area (Å²) in [6.07, 6.45) is 8.38. The summed E-state index contributed by atoms with van der Waals surface area (Å²) in [6, 6.07) is 0.402. The first-order valence-electron chi connectivity index (χ1n) is 5.45. The standard InChI is InChI=1S/C11H23N/c1-9-5-3-4-6-11(9)8-7-10(2)12/h9-11H,3-8,12H2,1-2H3/t9-,10?,11-/m1/s1. The van der Waals surface area contributed by atoms with E-state index in [1.54, 1.807) is 0 Å². The summed E-state index contributed by atoms with van der Waals surface area (Å²) < 4.78 is 0. The van der Waals surface area contributed by atoms with Crippen LogP contribution in [0.4, 0.5) is 0 Å². The molecule has 0 bridgehead atoms. The smallest absolute Gasteiger partial charge is 0.00105 e. The van der Waals surface area contributed by atoms with Crippen molar-refractivity contribution in [2.24, 2.45) is 17.6 Å². The van der Waals surface area contributed by atoms with E-state index in [1.807, 2.05) is 0 Å². The fourth-order valence-corrected chi connectivity index (χ4v) is 2.30. The Morgan fingerprint density at radius 1 is 1.33 bits per heavy atom. The van der Waals surface area contributed by atoms with Gasteiger partial charge in [-0.25, -0.2) is 0 Å². The second-order valence-corrected chi connectivity index (χ2v) is 4.58. The molecular formula is C11H23N. The van der Waals surface area contributed by atoms with Crippen LogP contribution in [0.3, 0.4) is 0 Å². The van der Waals surface area contributed by atoms with Crippen molar-refractivity contribution in [3.63, 3.8) is 0 Å². The lowest BCUT2D eigenvalue weighted by Gasteiger charge is -2.29. The third-order valence-corrected chi connectivity index (χ3v) is 3.28. The van der Waals surface area contributed by atoms with E-state index in [4.69, 9.17) is 5.73 Å². The van der Waals surface area contributed by atoms with E-state index in [0.29, 0.717) is 6.04 Å². The largest absolute Gasteiger partial charge is 0.328 e. The molecule has 0 spiro atoms. The van der Waals surface area contributed by atoms with Gasteiger partial charge in [-0.1, -0.05) is 32.6 Å². The zero-order chi connectivity index (χ0) is 8.97. The molecule has 0 heterocycles. The van der Waals surface area contributed by atoms with Gasteiger partial charge < -0.3 is 5.73 Å². The topological polar surface area (TPSA) is 26.0 Å². The first kappa shape index (κ1) is 10.0.